The van der Waals surface area contributed by atoms with Gasteiger partial charge in [-0.1, -0.05) is 57.8 Å². The summed E-state index contributed by atoms with van der Waals surface area (Å²) in [6.45, 7) is 0. The van der Waals surface area contributed by atoms with Crippen LogP contribution in [0.25, 0.3) is 0 Å². The second-order valence-electron chi connectivity index (χ2n) is 9.11. The SMILES string of the molecule is OB(F)OC1CCCCC1.OB(F)OC1CCCCC1.OB(F)OC1CCCCC1.OB(F)OP.OB(O)F.OB(O)F. The first-order chi connectivity index (χ1) is 20.1. The van der Waals surface area contributed by atoms with E-state index in [1.54, 1.807) is 9.47 Å². The van der Waals surface area contributed by atoms with Crippen LogP contribution in [0.2, 0.25) is 0 Å². The van der Waals surface area contributed by atoms with Crippen molar-refractivity contribution in [1.82, 2.24) is 0 Å². The minimum Gasteiger partial charge on any atom is -0.398 e. The molecule has 1 unspecified atom stereocenters. The summed E-state index contributed by atoms with van der Waals surface area (Å²) in [5.41, 5.74) is 0. The summed E-state index contributed by atoms with van der Waals surface area (Å²) >= 11 is 0. The van der Waals surface area contributed by atoms with Crippen LogP contribution in [0.3, 0.4) is 0 Å². The van der Waals surface area contributed by atoms with Gasteiger partial charge in [-0.25, -0.2) is 0 Å². The molecule has 0 aromatic carbocycles. The second kappa shape index (κ2) is 33.3. The highest BCUT2D eigenvalue weighted by molar-refractivity contribution is 7.12. The van der Waals surface area contributed by atoms with Gasteiger partial charge in [0, 0.05) is 18.3 Å². The van der Waals surface area contributed by atoms with Crippen LogP contribution in [-0.4, -0.2) is 103 Å². The van der Waals surface area contributed by atoms with Crippen molar-refractivity contribution < 1.29 is 84.5 Å². The molecule has 43 heavy (non-hydrogen) atoms. The average Bonchev–Trinajstić information content (AvgIpc) is 2.90. The predicted octanol–water partition coefficient (Wildman–Crippen LogP) is 1.44. The summed E-state index contributed by atoms with van der Waals surface area (Å²) in [7, 11) is -12.2. The summed E-state index contributed by atoms with van der Waals surface area (Å²) in [5.74, 6) is 0. The van der Waals surface area contributed by atoms with E-state index >= 15 is 0 Å². The average molecular weight is 661 g/mol. The molecule has 0 saturated heterocycles. The minimum atomic E-state index is -2.67. The molecule has 3 aliphatic carbocycles. The largest absolute Gasteiger partial charge is 0.680 e. The molecule has 0 aliphatic heterocycles. The van der Waals surface area contributed by atoms with Crippen molar-refractivity contribution in [3.05, 3.63) is 0 Å². The molecule has 0 aromatic rings. The fourth-order valence-corrected chi connectivity index (χ4v) is 4.08. The van der Waals surface area contributed by atoms with Crippen LogP contribution >= 0.6 is 9.47 Å². The molecule has 0 aromatic heterocycles. The van der Waals surface area contributed by atoms with E-state index in [4.69, 9.17) is 40.2 Å². The van der Waals surface area contributed by atoms with Crippen molar-refractivity contribution in [1.29, 1.82) is 0 Å². The minimum absolute atomic E-state index is 0.0475. The Hall–Kier alpha value is -0.0804. The molecule has 0 spiro atoms. The summed E-state index contributed by atoms with van der Waals surface area (Å²) in [5, 5.41) is 59.9. The van der Waals surface area contributed by atoms with Gasteiger partial charge in [-0.05, 0) is 48.0 Å². The zero-order chi connectivity index (χ0) is 33.6. The first kappa shape index (κ1) is 47.3. The van der Waals surface area contributed by atoms with Crippen LogP contribution in [0, 0.1) is 0 Å². The Balaban J connectivity index is -0.000000467. The van der Waals surface area contributed by atoms with Gasteiger partial charge < -0.3 is 58.6 Å². The second-order valence-corrected chi connectivity index (χ2v) is 9.39. The van der Waals surface area contributed by atoms with Gasteiger partial charge in [-0.15, -0.1) is 0 Å². The molecule has 3 saturated carbocycles. The van der Waals surface area contributed by atoms with Crippen molar-refractivity contribution in [3.8, 4) is 0 Å². The first-order valence-electron chi connectivity index (χ1n) is 13.7. The number of rotatable bonds is 7. The van der Waals surface area contributed by atoms with Gasteiger partial charge in [-0.3, -0.25) is 25.9 Å². The third-order valence-corrected chi connectivity index (χ3v) is 5.91. The molecule has 8 N–H and O–H groups in total. The van der Waals surface area contributed by atoms with Crippen molar-refractivity contribution in [3.63, 3.8) is 0 Å². The molecule has 0 amide bonds. The molecule has 25 heteroatoms. The predicted molar refractivity (Wildman–Crippen MR) is 154 cm³/mol. The van der Waals surface area contributed by atoms with Crippen molar-refractivity contribution >= 4 is 53.8 Å². The molecular weight excluding hydrogens is 618 g/mol. The van der Waals surface area contributed by atoms with E-state index in [1.165, 1.54) is 19.3 Å². The molecule has 3 aliphatic rings. The van der Waals surface area contributed by atoms with Crippen LogP contribution in [-0.2, 0) is 18.4 Å². The Labute approximate surface area is 253 Å². The van der Waals surface area contributed by atoms with Crippen molar-refractivity contribution in [2.75, 3.05) is 0 Å². The van der Waals surface area contributed by atoms with E-state index in [0.717, 1.165) is 77.0 Å². The van der Waals surface area contributed by atoms with E-state index < -0.39 is 44.4 Å². The summed E-state index contributed by atoms with van der Waals surface area (Å²) in [6.07, 6.45) is 15.4. The van der Waals surface area contributed by atoms with E-state index in [-0.39, 0.29) is 18.3 Å². The van der Waals surface area contributed by atoms with Crippen LogP contribution in [0.5, 0.6) is 0 Å². The zero-order valence-electron chi connectivity index (χ0n) is 23.9. The van der Waals surface area contributed by atoms with E-state index in [0.29, 0.717) is 0 Å². The van der Waals surface area contributed by atoms with Gasteiger partial charge in [0.1, 0.15) is 0 Å². The lowest BCUT2D eigenvalue weighted by Crippen LogP contribution is -2.24. The quantitative estimate of drug-likeness (QED) is 0.111. The molecule has 252 valence electrons. The summed E-state index contributed by atoms with van der Waals surface area (Å²) in [4.78, 5) is 0. The molecule has 0 radical (unpaired) electrons. The van der Waals surface area contributed by atoms with Crippen LogP contribution in [0.15, 0.2) is 0 Å². The van der Waals surface area contributed by atoms with E-state index in [2.05, 4.69) is 18.4 Å². The van der Waals surface area contributed by atoms with Crippen LogP contribution < -0.4 is 0 Å². The summed E-state index contributed by atoms with van der Waals surface area (Å²) in [6, 6.07) is 0. The lowest BCUT2D eigenvalue weighted by molar-refractivity contribution is 0.106. The molecule has 12 nitrogen and oxygen atoms in total. The fourth-order valence-electron chi connectivity index (χ4n) is 4.08. The Bertz CT molecular complexity index is 494. The van der Waals surface area contributed by atoms with Crippen LogP contribution in [0.1, 0.15) is 96.3 Å². The van der Waals surface area contributed by atoms with Crippen molar-refractivity contribution in [2.24, 2.45) is 0 Å². The Morgan fingerprint density at radius 1 is 0.395 bits per heavy atom. The van der Waals surface area contributed by atoms with Gasteiger partial charge in [0.2, 0.25) is 0 Å². The maximum absolute atomic E-state index is 11.8. The van der Waals surface area contributed by atoms with E-state index in [9.17, 15) is 25.9 Å². The number of hydrogen-bond donors (Lipinski definition) is 8. The third-order valence-electron chi connectivity index (χ3n) is 5.68. The molecule has 1 atom stereocenters. The van der Waals surface area contributed by atoms with E-state index in [1.807, 2.05) is 0 Å². The number of halogens is 6. The Morgan fingerprint density at radius 3 is 0.674 bits per heavy atom. The Morgan fingerprint density at radius 2 is 0.558 bits per heavy atom. The molecule has 0 heterocycles. The molecule has 3 rings (SSSR count). The maximum atomic E-state index is 11.8. The third kappa shape index (κ3) is 46.5. The van der Waals surface area contributed by atoms with Gasteiger partial charge in [0.25, 0.3) is 0 Å². The highest BCUT2D eigenvalue weighted by atomic mass is 31.0. The Kier molecular flexibility index (Phi) is 36.6. The lowest BCUT2D eigenvalue weighted by atomic mass is 9.97. The smallest absolute Gasteiger partial charge is 0.398 e. The topological polar surface area (TPSA) is 199 Å². The number of hydrogen-bond acceptors (Lipinski definition) is 12. The van der Waals surface area contributed by atoms with Gasteiger partial charge in [0.05, 0.1) is 0 Å². The monoisotopic (exact) mass is 662 g/mol. The zero-order valence-corrected chi connectivity index (χ0v) is 25.0. The lowest BCUT2D eigenvalue weighted by Gasteiger charge is -2.21. The molecule has 0 bridgehead atoms. The summed E-state index contributed by atoms with van der Waals surface area (Å²) < 4.78 is 83.7. The highest BCUT2D eigenvalue weighted by Crippen LogP contribution is 2.22. The van der Waals surface area contributed by atoms with Gasteiger partial charge in [-0.2, -0.15) is 0 Å². The maximum Gasteiger partial charge on any atom is 0.680 e. The van der Waals surface area contributed by atoms with Crippen LogP contribution in [0.4, 0.5) is 25.9 Å². The van der Waals surface area contributed by atoms with Gasteiger partial charge in [0.15, 0.2) is 0 Å². The fraction of sp³-hybridized carbons (Fsp3) is 1.00. The standard InChI is InChI=1S/3C6H12BFO2.BFH3O2P.2BFH2O2/c3*8-7(9)10-6-4-2-1-3-5-6;2-1(3)4-5;2*2-1(3)4/h3*6,9H,1-5H2;3H,5H2;2*3-4H. The van der Waals surface area contributed by atoms with Crippen molar-refractivity contribution in [2.45, 2.75) is 115 Å². The molecule has 3 fully saturated rings. The normalized spacial score (nSPS) is 16.8. The van der Waals surface area contributed by atoms with Gasteiger partial charge >= 0.3 is 44.4 Å². The first-order valence-corrected chi connectivity index (χ1v) is 14.2. The molecular formula is C18H43B6F6O12P. The highest BCUT2D eigenvalue weighted by Gasteiger charge is 2.23.